The number of aromatic amines is 2. The van der Waals surface area contributed by atoms with Crippen LogP contribution in [0, 0.1) is 11.8 Å². The van der Waals surface area contributed by atoms with Crippen LogP contribution in [0.4, 0.5) is 9.59 Å². The number of imidazole rings is 2. The number of amides is 4. The van der Waals surface area contributed by atoms with Crippen LogP contribution in [0.3, 0.4) is 0 Å². The monoisotopic (exact) mass is 1210 g/mol. The number of hydrogen-bond acceptors (Lipinski definition) is 14. The number of benzene rings is 3. The van der Waals surface area contributed by atoms with Crippen LogP contribution in [0.2, 0.25) is 0 Å². The van der Waals surface area contributed by atoms with Crippen LogP contribution in [-0.2, 0) is 52.0 Å². The number of H-pyrrole nitrogens is 2. The van der Waals surface area contributed by atoms with Gasteiger partial charge in [0.25, 0.3) is 0 Å². The minimum Gasteiger partial charge on any atom is -0.453 e. The number of carbonyl (C=O) groups excluding carboxylic acids is 4. The molecule has 4 bridgehead atoms. The SMILES string of the molecule is COC(=O)NC(CCSC)C(=O)N1CCN(S(C)(=O)=O)C[C@H]1c1ncc(-c2ccc(C3=CC4=CC[C@@H]3[C@H](C)Cc3ccc(c(-c5ccc(-c6cnc([C@@H]7CN(S(C)(=O)=O)CCN7C(=O)[C@H](CCSC)NC(=O)OC)[nH]6)cc5)c3)CC4)cc2)[nH]1. The third-order valence-electron chi connectivity index (χ3n) is 16.3. The standard InChI is InChI=1S/C59H74N10O10S4/c1-37-30-39-9-12-40(46(32-39)41-13-17-43(18-14-41)50-33-60-54(62-50)52-35-66(82(6,74)75)24-26-68(52)56(70)48(22-28-80-4)64-58(72)78-2)11-8-38-10-21-45(37)47(31-38)42-15-19-44(20-16-42)51-34-61-55(63-51)53-36-67(83(7,76)77)25-27-69(53)57(71)49(23-29-81-5)65-59(73)79-3/h9-10,12-20,31-34,37,45,48-49,52-53H,8,11,21-30,35-36H2,1-7H3,(H,60,62)(H,61,63)(H,64,72)(H,65,73)/t37-,45-,48+,49?,52+,53+/m1/s1. The molecule has 5 aliphatic carbocycles. The highest BCUT2D eigenvalue weighted by molar-refractivity contribution is 7.98. The zero-order chi connectivity index (χ0) is 59.2. The lowest BCUT2D eigenvalue weighted by molar-refractivity contribution is -0.138. The number of nitrogens with one attached hydrogen (secondary N) is 4. The van der Waals surface area contributed by atoms with E-state index in [1.54, 1.807) is 45.7 Å². The summed E-state index contributed by atoms with van der Waals surface area (Å²) in [5.74, 6) is 2.00. The van der Waals surface area contributed by atoms with Gasteiger partial charge in [0.1, 0.15) is 35.8 Å². The van der Waals surface area contributed by atoms with Crippen molar-refractivity contribution in [2.45, 2.75) is 69.6 Å². The van der Waals surface area contributed by atoms with Gasteiger partial charge in [0.15, 0.2) is 0 Å². The summed E-state index contributed by atoms with van der Waals surface area (Å²) in [6.07, 6.45) is 17.1. The van der Waals surface area contributed by atoms with Gasteiger partial charge < -0.3 is 39.9 Å². The molecule has 0 spiro atoms. The highest BCUT2D eigenvalue weighted by Gasteiger charge is 2.41. The molecule has 444 valence electrons. The number of sulfonamides is 2. The number of ether oxygens (including phenoxy) is 2. The highest BCUT2D eigenvalue weighted by atomic mass is 32.2. The van der Waals surface area contributed by atoms with Gasteiger partial charge in [0.2, 0.25) is 31.9 Å². The van der Waals surface area contributed by atoms with Crippen molar-refractivity contribution in [3.05, 3.63) is 125 Å². The molecule has 24 heteroatoms. The van der Waals surface area contributed by atoms with E-state index in [0.29, 0.717) is 47.6 Å². The molecule has 7 aliphatic rings. The van der Waals surface area contributed by atoms with Gasteiger partial charge in [0, 0.05) is 39.3 Å². The molecular weight excluding hydrogens is 1140 g/mol. The maximum Gasteiger partial charge on any atom is 0.407 e. The third kappa shape index (κ3) is 14.4. The first-order valence-corrected chi connectivity index (χ1v) is 34.3. The molecule has 2 aromatic heterocycles. The third-order valence-corrected chi connectivity index (χ3v) is 20.1. The Labute approximate surface area is 495 Å². The van der Waals surface area contributed by atoms with Gasteiger partial charge in [-0.05, 0) is 119 Å². The maximum atomic E-state index is 14.1. The number of aryl methyl sites for hydroxylation is 1. The van der Waals surface area contributed by atoms with Crippen LogP contribution >= 0.6 is 23.5 Å². The summed E-state index contributed by atoms with van der Waals surface area (Å²) in [5, 5.41) is 5.35. The van der Waals surface area contributed by atoms with Gasteiger partial charge in [-0.25, -0.2) is 36.4 Å². The van der Waals surface area contributed by atoms with Crippen molar-refractivity contribution in [3.63, 3.8) is 0 Å². The molecule has 5 aromatic rings. The fraction of sp³-hybridized carbons (Fsp3) is 0.458. The van der Waals surface area contributed by atoms with Crippen LogP contribution in [-0.4, -0.2) is 181 Å². The van der Waals surface area contributed by atoms with Gasteiger partial charge in [0.05, 0.1) is 50.5 Å². The lowest BCUT2D eigenvalue weighted by Crippen LogP contribution is -2.57. The first-order valence-electron chi connectivity index (χ1n) is 27.8. The fourth-order valence-corrected chi connectivity index (χ4v) is 14.3. The second kappa shape index (κ2) is 26.6. The van der Waals surface area contributed by atoms with E-state index in [2.05, 4.69) is 106 Å². The molecule has 20 nitrogen and oxygen atoms in total. The van der Waals surface area contributed by atoms with Gasteiger partial charge in [-0.15, -0.1) is 0 Å². The first kappa shape index (κ1) is 61.1. The van der Waals surface area contributed by atoms with E-state index in [1.165, 1.54) is 50.7 Å². The van der Waals surface area contributed by atoms with Gasteiger partial charge in [-0.2, -0.15) is 32.1 Å². The smallest absolute Gasteiger partial charge is 0.407 e. The zero-order valence-corrected chi connectivity index (χ0v) is 51.2. The minimum atomic E-state index is -3.58. The Morgan fingerprint density at radius 3 is 1.63 bits per heavy atom. The summed E-state index contributed by atoms with van der Waals surface area (Å²) < 4.78 is 63.6. The molecular formula is C59H74N10O10S4. The molecule has 12 rings (SSSR count). The second-order valence-corrected chi connectivity index (χ2v) is 27.6. The number of rotatable bonds is 18. The topological polar surface area (TPSA) is 249 Å². The minimum absolute atomic E-state index is 0.00463. The summed E-state index contributed by atoms with van der Waals surface area (Å²) in [6, 6.07) is 20.5. The summed E-state index contributed by atoms with van der Waals surface area (Å²) in [6.45, 7) is 2.81. The van der Waals surface area contributed by atoms with Gasteiger partial charge in [-0.3, -0.25) is 9.59 Å². The Balaban J connectivity index is 0.910. The van der Waals surface area contributed by atoms with Crippen molar-refractivity contribution >= 4 is 73.1 Å². The Morgan fingerprint density at radius 1 is 0.675 bits per heavy atom. The summed E-state index contributed by atoms with van der Waals surface area (Å²) in [7, 11) is -4.68. The molecule has 4 N–H and O–H groups in total. The summed E-state index contributed by atoms with van der Waals surface area (Å²) in [5.41, 5.74) is 11.7. The zero-order valence-electron chi connectivity index (χ0n) is 47.9. The molecule has 0 radical (unpaired) electrons. The lowest BCUT2D eigenvalue weighted by Gasteiger charge is -2.40. The summed E-state index contributed by atoms with van der Waals surface area (Å²) >= 11 is 3.10. The van der Waals surface area contributed by atoms with Crippen molar-refractivity contribution in [2.75, 3.05) is 90.0 Å². The van der Waals surface area contributed by atoms with Crippen molar-refractivity contribution in [1.29, 1.82) is 0 Å². The second-order valence-electron chi connectivity index (χ2n) is 21.7. The van der Waals surface area contributed by atoms with E-state index < -0.39 is 56.4 Å². The number of aromatic nitrogens is 4. The van der Waals surface area contributed by atoms with Gasteiger partial charge in [-0.1, -0.05) is 91.4 Å². The quantitative estimate of drug-likeness (QED) is 0.0662. The van der Waals surface area contributed by atoms with Crippen molar-refractivity contribution < 1.29 is 45.5 Å². The highest BCUT2D eigenvalue weighted by Crippen LogP contribution is 2.42. The van der Waals surface area contributed by atoms with E-state index in [0.717, 1.165) is 66.1 Å². The molecule has 3 aromatic carbocycles. The van der Waals surface area contributed by atoms with Crippen LogP contribution in [0.15, 0.2) is 96.8 Å². The Morgan fingerprint density at radius 2 is 1.16 bits per heavy atom. The number of nitrogens with zero attached hydrogens (tertiary/aromatic N) is 6. The number of hydrogen-bond donors (Lipinski definition) is 4. The normalized spacial score (nSPS) is 20.6. The fourth-order valence-electron chi connectivity index (χ4n) is 11.7. The maximum absolute atomic E-state index is 14.1. The van der Waals surface area contributed by atoms with E-state index in [4.69, 9.17) is 19.4 Å². The molecule has 2 fully saturated rings. The molecule has 83 heavy (non-hydrogen) atoms. The van der Waals surface area contributed by atoms with Crippen LogP contribution in [0.1, 0.15) is 73.0 Å². The Bertz CT molecular complexity index is 3460. The molecule has 1 unspecified atom stereocenters. The summed E-state index contributed by atoms with van der Waals surface area (Å²) in [4.78, 5) is 72.4. The number of allylic oxidation sites excluding steroid dienone is 4. The van der Waals surface area contributed by atoms with Crippen molar-refractivity contribution in [1.82, 2.24) is 49.0 Å². The lowest BCUT2D eigenvalue weighted by atomic mass is 9.74. The Hall–Kier alpha value is -6.44. The van der Waals surface area contributed by atoms with E-state index >= 15 is 0 Å². The predicted octanol–water partition coefficient (Wildman–Crippen LogP) is 7.53. The average Bonchev–Trinajstić information content (AvgIpc) is 4.39. The molecule has 4 heterocycles. The van der Waals surface area contributed by atoms with Crippen LogP contribution in [0.25, 0.3) is 39.2 Å². The van der Waals surface area contributed by atoms with Crippen LogP contribution < -0.4 is 10.6 Å². The number of carbonyl (C=O) groups is 4. The predicted molar refractivity (Wildman–Crippen MR) is 325 cm³/mol. The molecule has 2 saturated heterocycles. The first-order chi connectivity index (χ1) is 39.8. The van der Waals surface area contributed by atoms with Crippen LogP contribution in [0.5, 0.6) is 0 Å². The molecule has 0 saturated carbocycles. The van der Waals surface area contributed by atoms with Crippen molar-refractivity contribution in [3.8, 4) is 33.6 Å². The van der Waals surface area contributed by atoms with E-state index in [1.807, 2.05) is 12.5 Å². The number of piperazine rings is 2. The van der Waals surface area contributed by atoms with Gasteiger partial charge >= 0.3 is 12.2 Å². The molecule has 4 amide bonds. The number of thioether (sulfide) groups is 2. The van der Waals surface area contributed by atoms with E-state index in [-0.39, 0.29) is 57.0 Å². The average molecular weight is 1210 g/mol. The largest absolute Gasteiger partial charge is 0.453 e. The number of methoxy groups -OCH3 is 2. The molecule has 6 atom stereocenters. The van der Waals surface area contributed by atoms with Crippen molar-refractivity contribution in [2.24, 2.45) is 11.8 Å². The molecule has 2 aliphatic heterocycles. The van der Waals surface area contributed by atoms with E-state index in [9.17, 15) is 36.0 Å². The Kier molecular flexibility index (Phi) is 19.6. The number of alkyl carbamates (subject to hydrolysis) is 2.